The van der Waals surface area contributed by atoms with Crippen LogP contribution in [0, 0.1) is 6.92 Å². The van der Waals surface area contributed by atoms with Gasteiger partial charge in [0.2, 0.25) is 5.88 Å². The molecular weight excluding hydrogens is 326 g/mol. The van der Waals surface area contributed by atoms with Gasteiger partial charge in [-0.05, 0) is 41.1 Å². The van der Waals surface area contributed by atoms with Gasteiger partial charge in [-0.15, -0.1) is 0 Å². The van der Waals surface area contributed by atoms with E-state index in [4.69, 9.17) is 15.2 Å². The Balaban J connectivity index is 2.42. The van der Waals surface area contributed by atoms with E-state index in [9.17, 15) is 4.79 Å². The highest BCUT2D eigenvalue weighted by atomic mass is 79.9. The van der Waals surface area contributed by atoms with Crippen LogP contribution in [0.4, 0.5) is 0 Å². The van der Waals surface area contributed by atoms with Crippen molar-refractivity contribution in [3.8, 4) is 17.4 Å². The third-order valence-corrected chi connectivity index (χ3v) is 3.38. The van der Waals surface area contributed by atoms with Gasteiger partial charge in [-0.25, -0.2) is 4.68 Å². The smallest absolute Gasteiger partial charge is 0.256 e. The first-order valence-electron chi connectivity index (χ1n) is 5.78. The lowest BCUT2D eigenvalue weighted by Gasteiger charge is -2.10. The van der Waals surface area contributed by atoms with Crippen molar-refractivity contribution >= 4 is 21.8 Å². The maximum absolute atomic E-state index is 11.5. The summed E-state index contributed by atoms with van der Waals surface area (Å²) in [6.45, 7) is 1.70. The molecule has 0 saturated heterocycles. The maximum Gasteiger partial charge on any atom is 0.256 e. The van der Waals surface area contributed by atoms with E-state index in [-0.39, 0.29) is 5.56 Å². The average molecular weight is 340 g/mol. The molecule has 0 bridgehead atoms. The number of amides is 1. The fourth-order valence-corrected chi connectivity index (χ4v) is 2.27. The first-order chi connectivity index (χ1) is 9.43. The molecule has 0 fully saturated rings. The number of hydrogen-bond donors (Lipinski definition) is 1. The number of nitrogens with zero attached hydrogens (tertiary/aromatic N) is 2. The summed E-state index contributed by atoms with van der Waals surface area (Å²) in [4.78, 5) is 11.5. The highest BCUT2D eigenvalue weighted by molar-refractivity contribution is 9.10. The summed E-state index contributed by atoms with van der Waals surface area (Å²) in [6, 6.07) is 5.26. The van der Waals surface area contributed by atoms with Crippen LogP contribution in [-0.2, 0) is 7.05 Å². The van der Waals surface area contributed by atoms with Crippen LogP contribution in [0.2, 0.25) is 0 Å². The maximum atomic E-state index is 11.5. The minimum absolute atomic E-state index is 0.273. The molecule has 0 unspecified atom stereocenters. The largest absolute Gasteiger partial charge is 0.497 e. The number of methoxy groups -OCH3 is 1. The van der Waals surface area contributed by atoms with Crippen molar-refractivity contribution < 1.29 is 14.3 Å². The van der Waals surface area contributed by atoms with Gasteiger partial charge in [0.25, 0.3) is 5.91 Å². The van der Waals surface area contributed by atoms with Crippen LogP contribution in [0.1, 0.15) is 16.1 Å². The summed E-state index contributed by atoms with van der Waals surface area (Å²) in [5.41, 5.74) is 6.16. The van der Waals surface area contributed by atoms with E-state index in [2.05, 4.69) is 21.0 Å². The van der Waals surface area contributed by atoms with Crippen molar-refractivity contribution in [3.63, 3.8) is 0 Å². The fourth-order valence-electron chi connectivity index (χ4n) is 1.83. The van der Waals surface area contributed by atoms with E-state index in [0.717, 1.165) is 0 Å². The van der Waals surface area contributed by atoms with Gasteiger partial charge in [0, 0.05) is 7.05 Å². The van der Waals surface area contributed by atoms with Crippen LogP contribution < -0.4 is 15.2 Å². The molecule has 1 heterocycles. The summed E-state index contributed by atoms with van der Waals surface area (Å²) >= 11 is 3.39. The molecule has 0 saturated carbocycles. The number of nitrogens with two attached hydrogens (primary N) is 1. The first-order valence-corrected chi connectivity index (χ1v) is 6.58. The number of halogens is 1. The molecule has 0 aliphatic rings. The molecule has 0 radical (unpaired) electrons. The number of benzene rings is 1. The molecule has 1 aromatic heterocycles. The first kappa shape index (κ1) is 14.4. The van der Waals surface area contributed by atoms with Crippen molar-refractivity contribution in [2.24, 2.45) is 12.8 Å². The third kappa shape index (κ3) is 2.62. The normalized spacial score (nSPS) is 10.4. The monoisotopic (exact) mass is 339 g/mol. The number of rotatable bonds is 4. The van der Waals surface area contributed by atoms with E-state index in [1.54, 1.807) is 39.3 Å². The highest BCUT2D eigenvalue weighted by Gasteiger charge is 2.20. The lowest BCUT2D eigenvalue weighted by Crippen LogP contribution is -2.13. The van der Waals surface area contributed by atoms with Crippen LogP contribution in [-0.4, -0.2) is 22.8 Å². The van der Waals surface area contributed by atoms with Gasteiger partial charge in [0.1, 0.15) is 17.1 Å². The van der Waals surface area contributed by atoms with Gasteiger partial charge in [-0.3, -0.25) is 4.79 Å². The summed E-state index contributed by atoms with van der Waals surface area (Å²) in [5, 5.41) is 4.14. The van der Waals surface area contributed by atoms with Crippen molar-refractivity contribution in [1.29, 1.82) is 0 Å². The summed E-state index contributed by atoms with van der Waals surface area (Å²) < 4.78 is 13.0. The Morgan fingerprint density at radius 1 is 1.45 bits per heavy atom. The minimum atomic E-state index is -0.574. The number of aromatic nitrogens is 2. The molecule has 1 amide bonds. The zero-order valence-electron chi connectivity index (χ0n) is 11.3. The third-order valence-electron chi connectivity index (χ3n) is 2.76. The van der Waals surface area contributed by atoms with Gasteiger partial charge >= 0.3 is 0 Å². The SMILES string of the molecule is COc1ccc(Oc2c(C(N)=O)c(C)nn2C)c(Br)c1. The van der Waals surface area contributed by atoms with E-state index in [1.807, 2.05) is 0 Å². The van der Waals surface area contributed by atoms with Crippen LogP contribution >= 0.6 is 15.9 Å². The highest BCUT2D eigenvalue weighted by Crippen LogP contribution is 2.34. The Morgan fingerprint density at radius 3 is 2.70 bits per heavy atom. The Hall–Kier alpha value is -2.02. The van der Waals surface area contributed by atoms with Crippen LogP contribution in [0.15, 0.2) is 22.7 Å². The Labute approximate surface area is 124 Å². The molecule has 1 aromatic carbocycles. The summed E-state index contributed by atoms with van der Waals surface area (Å²) in [6.07, 6.45) is 0. The Morgan fingerprint density at radius 2 is 2.15 bits per heavy atom. The van der Waals surface area contributed by atoms with Crippen LogP contribution in [0.3, 0.4) is 0 Å². The van der Waals surface area contributed by atoms with E-state index in [1.165, 1.54) is 4.68 Å². The van der Waals surface area contributed by atoms with E-state index in [0.29, 0.717) is 27.5 Å². The van der Waals surface area contributed by atoms with E-state index >= 15 is 0 Å². The Kier molecular flexibility index (Phi) is 3.99. The molecule has 20 heavy (non-hydrogen) atoms. The summed E-state index contributed by atoms with van der Waals surface area (Å²) in [7, 11) is 3.27. The lowest BCUT2D eigenvalue weighted by molar-refractivity contribution is 0.0997. The molecule has 106 valence electrons. The van der Waals surface area contributed by atoms with Crippen LogP contribution in [0.5, 0.6) is 17.4 Å². The standard InChI is InChI=1S/C13H14BrN3O3/c1-7-11(12(15)18)13(17(2)16-7)20-10-5-4-8(19-3)6-9(10)14/h4-6H,1-3H3,(H2,15,18). The van der Waals surface area contributed by atoms with Crippen molar-refractivity contribution in [1.82, 2.24) is 9.78 Å². The molecule has 7 heteroatoms. The second-order valence-corrected chi connectivity index (χ2v) is 5.01. The van der Waals surface area contributed by atoms with Crippen molar-refractivity contribution in [3.05, 3.63) is 33.9 Å². The molecule has 0 aliphatic carbocycles. The fraction of sp³-hybridized carbons (Fsp3) is 0.231. The second-order valence-electron chi connectivity index (χ2n) is 4.15. The predicted molar refractivity (Wildman–Crippen MR) is 77.2 cm³/mol. The number of hydrogen-bond acceptors (Lipinski definition) is 4. The molecule has 0 aliphatic heterocycles. The predicted octanol–water partition coefficient (Wildman–Crippen LogP) is 2.39. The average Bonchev–Trinajstić information content (AvgIpc) is 2.66. The minimum Gasteiger partial charge on any atom is -0.497 e. The zero-order valence-corrected chi connectivity index (χ0v) is 12.9. The van der Waals surface area contributed by atoms with Gasteiger partial charge in [0.05, 0.1) is 17.3 Å². The second kappa shape index (κ2) is 5.54. The molecule has 0 spiro atoms. The molecular formula is C13H14BrN3O3. The number of aryl methyl sites for hydroxylation is 2. The molecule has 0 atom stereocenters. The summed E-state index contributed by atoms with van der Waals surface area (Å²) in [5.74, 6) is 0.966. The van der Waals surface area contributed by atoms with Crippen molar-refractivity contribution in [2.75, 3.05) is 7.11 Å². The quantitative estimate of drug-likeness (QED) is 0.927. The number of carbonyl (C=O) groups excluding carboxylic acids is 1. The topological polar surface area (TPSA) is 79.4 Å². The molecule has 2 N–H and O–H groups in total. The van der Waals surface area contributed by atoms with Crippen LogP contribution in [0.25, 0.3) is 0 Å². The number of carbonyl (C=O) groups is 1. The molecule has 2 aromatic rings. The van der Waals surface area contributed by atoms with E-state index < -0.39 is 5.91 Å². The Bertz CT molecular complexity index is 667. The van der Waals surface area contributed by atoms with Crippen molar-refractivity contribution in [2.45, 2.75) is 6.92 Å². The van der Waals surface area contributed by atoms with Gasteiger partial charge in [-0.1, -0.05) is 0 Å². The van der Waals surface area contributed by atoms with Gasteiger partial charge in [0.15, 0.2) is 0 Å². The molecule has 2 rings (SSSR count). The van der Waals surface area contributed by atoms with Gasteiger partial charge < -0.3 is 15.2 Å². The molecule has 6 nitrogen and oxygen atoms in total. The lowest BCUT2D eigenvalue weighted by atomic mass is 10.2. The van der Waals surface area contributed by atoms with Gasteiger partial charge in [-0.2, -0.15) is 5.10 Å². The number of primary amides is 1. The zero-order chi connectivity index (χ0) is 14.9. The number of ether oxygens (including phenoxy) is 2.